The van der Waals surface area contributed by atoms with E-state index < -0.39 is 11.7 Å². The first kappa shape index (κ1) is 23.1. The molecule has 6 heteroatoms. The van der Waals surface area contributed by atoms with Crippen LogP contribution in [0.1, 0.15) is 51.7 Å². The van der Waals surface area contributed by atoms with Gasteiger partial charge in [0.05, 0.1) is 24.4 Å². The summed E-state index contributed by atoms with van der Waals surface area (Å²) in [6.45, 7) is 6.15. The molecule has 1 aromatic heterocycles. The number of hydrogen-bond acceptors (Lipinski definition) is 5. The van der Waals surface area contributed by atoms with Crippen molar-refractivity contribution in [3.05, 3.63) is 60.2 Å². The number of nitrogens with zero attached hydrogens (tertiary/aromatic N) is 2. The minimum absolute atomic E-state index is 0.358. The van der Waals surface area contributed by atoms with E-state index in [2.05, 4.69) is 0 Å². The fraction of sp³-hybridized carbons (Fsp3) is 0.407. The molecular weight excluding hydrogens is 416 g/mol. The zero-order chi connectivity index (χ0) is 23.6. The van der Waals surface area contributed by atoms with Gasteiger partial charge in [0.15, 0.2) is 0 Å². The summed E-state index contributed by atoms with van der Waals surface area (Å²) in [5.41, 5.74) is 2.69. The van der Waals surface area contributed by atoms with Gasteiger partial charge in [0.2, 0.25) is 0 Å². The Hall–Kier alpha value is -3.12. The van der Waals surface area contributed by atoms with E-state index in [4.69, 9.17) is 14.5 Å². The smallest absolute Gasteiger partial charge is 0.410 e. The molecule has 0 aliphatic carbocycles. The Kier molecular flexibility index (Phi) is 6.56. The molecule has 1 amide bonds. The lowest BCUT2D eigenvalue weighted by Gasteiger charge is -2.39. The summed E-state index contributed by atoms with van der Waals surface area (Å²) in [4.78, 5) is 19.5. The molecule has 0 spiro atoms. The molecule has 1 fully saturated rings. The average Bonchev–Trinajstić information content (AvgIpc) is 2.82. The largest absolute Gasteiger partial charge is 0.497 e. The lowest BCUT2D eigenvalue weighted by atomic mass is 9.90. The van der Waals surface area contributed by atoms with Crippen LogP contribution in [0, 0.1) is 0 Å². The number of para-hydroxylation sites is 1. The summed E-state index contributed by atoms with van der Waals surface area (Å²) >= 11 is 0. The number of benzene rings is 2. The Morgan fingerprint density at radius 1 is 1.12 bits per heavy atom. The first-order valence-corrected chi connectivity index (χ1v) is 11.5. The molecule has 1 aliphatic heterocycles. The van der Waals surface area contributed by atoms with Crippen LogP contribution in [0.15, 0.2) is 54.6 Å². The minimum Gasteiger partial charge on any atom is -0.497 e. The highest BCUT2D eigenvalue weighted by Gasteiger charge is 2.36. The van der Waals surface area contributed by atoms with Crippen molar-refractivity contribution in [2.75, 3.05) is 13.7 Å². The summed E-state index contributed by atoms with van der Waals surface area (Å²) in [6.07, 6.45) is 1.34. The molecule has 2 aromatic carbocycles. The van der Waals surface area contributed by atoms with Crippen molar-refractivity contribution in [3.8, 4) is 17.0 Å². The Balaban J connectivity index is 1.74. The van der Waals surface area contributed by atoms with Crippen molar-refractivity contribution in [1.82, 2.24) is 9.88 Å². The molecule has 1 aliphatic rings. The van der Waals surface area contributed by atoms with Crippen LogP contribution >= 0.6 is 0 Å². The van der Waals surface area contributed by atoms with Gasteiger partial charge in [0.25, 0.3) is 0 Å². The number of fused-ring (bicyclic) bond motifs is 1. The summed E-state index contributed by atoms with van der Waals surface area (Å²) in [5, 5.41) is 12.5. The third-order valence-corrected chi connectivity index (χ3v) is 5.99. The van der Waals surface area contributed by atoms with Gasteiger partial charge in [0.1, 0.15) is 17.5 Å². The van der Waals surface area contributed by atoms with E-state index in [9.17, 15) is 9.90 Å². The Morgan fingerprint density at radius 2 is 1.85 bits per heavy atom. The van der Waals surface area contributed by atoms with Crippen molar-refractivity contribution < 1.29 is 19.4 Å². The molecule has 33 heavy (non-hydrogen) atoms. The lowest BCUT2D eigenvalue weighted by molar-refractivity contribution is -0.0166. The van der Waals surface area contributed by atoms with Crippen LogP contribution in [0.5, 0.6) is 5.75 Å². The standard InChI is InChI=1S/C27H32N2O4/c1-27(2,3)33-26(31)29-16-8-7-11-24(29)25(30)21-17-23(18-12-14-19(32-4)15-13-18)28-22-10-6-5-9-20(21)22/h5-6,9-10,12-15,17,24-25,30H,7-8,11,16H2,1-4H3/t24-,25-/m0/s1. The molecular formula is C27H32N2O4. The molecule has 1 saturated heterocycles. The van der Waals surface area contributed by atoms with Gasteiger partial charge in [-0.05, 0) is 82.0 Å². The fourth-order valence-electron chi connectivity index (χ4n) is 4.40. The number of methoxy groups -OCH3 is 1. The third-order valence-electron chi connectivity index (χ3n) is 5.99. The topological polar surface area (TPSA) is 71.9 Å². The number of aliphatic hydroxyl groups excluding tert-OH is 1. The van der Waals surface area contributed by atoms with Gasteiger partial charge in [-0.2, -0.15) is 0 Å². The summed E-state index contributed by atoms with van der Waals surface area (Å²) in [6, 6.07) is 17.1. The number of carbonyl (C=O) groups is 1. The van der Waals surface area contributed by atoms with Crippen molar-refractivity contribution in [3.63, 3.8) is 0 Å². The van der Waals surface area contributed by atoms with Crippen LogP contribution < -0.4 is 4.74 Å². The molecule has 3 aromatic rings. The molecule has 0 unspecified atom stereocenters. The van der Waals surface area contributed by atoms with E-state index in [1.165, 1.54) is 0 Å². The van der Waals surface area contributed by atoms with Gasteiger partial charge in [-0.15, -0.1) is 0 Å². The number of amides is 1. The quantitative estimate of drug-likeness (QED) is 0.552. The maximum atomic E-state index is 12.9. The zero-order valence-electron chi connectivity index (χ0n) is 19.7. The number of pyridine rings is 1. The second kappa shape index (κ2) is 9.40. The van der Waals surface area contributed by atoms with Gasteiger partial charge in [-0.3, -0.25) is 0 Å². The van der Waals surface area contributed by atoms with E-state index in [1.54, 1.807) is 12.0 Å². The second-order valence-corrected chi connectivity index (χ2v) is 9.52. The number of piperidine rings is 1. The fourth-order valence-corrected chi connectivity index (χ4v) is 4.40. The number of rotatable bonds is 4. The SMILES string of the molecule is COc1ccc(-c2cc([C@H](O)[C@@H]3CCCCN3C(=O)OC(C)(C)C)c3ccccc3n2)cc1. The number of ether oxygens (including phenoxy) is 2. The highest BCUT2D eigenvalue weighted by molar-refractivity contribution is 5.85. The van der Waals surface area contributed by atoms with E-state index in [0.717, 1.165) is 52.7 Å². The molecule has 174 valence electrons. The van der Waals surface area contributed by atoms with Crippen LogP contribution in [0.25, 0.3) is 22.2 Å². The molecule has 0 bridgehead atoms. The molecule has 2 heterocycles. The van der Waals surface area contributed by atoms with Crippen molar-refractivity contribution in [1.29, 1.82) is 0 Å². The molecule has 4 rings (SSSR count). The number of carbonyl (C=O) groups excluding carboxylic acids is 1. The summed E-state index contributed by atoms with van der Waals surface area (Å²) in [7, 11) is 1.64. The van der Waals surface area contributed by atoms with Crippen LogP contribution in [0.3, 0.4) is 0 Å². The maximum Gasteiger partial charge on any atom is 0.410 e. The Bertz CT molecular complexity index is 1120. The number of hydrogen-bond donors (Lipinski definition) is 1. The third kappa shape index (κ3) is 5.11. The van der Waals surface area contributed by atoms with Gasteiger partial charge < -0.3 is 19.5 Å². The van der Waals surface area contributed by atoms with Crippen LogP contribution in [0.2, 0.25) is 0 Å². The summed E-state index contributed by atoms with van der Waals surface area (Å²) < 4.78 is 10.9. The van der Waals surface area contributed by atoms with E-state index in [-0.39, 0.29) is 12.1 Å². The van der Waals surface area contributed by atoms with Crippen LogP contribution in [-0.2, 0) is 4.74 Å². The molecule has 2 atom stereocenters. The average molecular weight is 449 g/mol. The maximum absolute atomic E-state index is 12.9. The zero-order valence-corrected chi connectivity index (χ0v) is 19.7. The predicted molar refractivity (Wildman–Crippen MR) is 129 cm³/mol. The summed E-state index contributed by atoms with van der Waals surface area (Å²) in [5.74, 6) is 0.773. The first-order valence-electron chi connectivity index (χ1n) is 11.5. The van der Waals surface area contributed by atoms with E-state index >= 15 is 0 Å². The van der Waals surface area contributed by atoms with E-state index in [0.29, 0.717) is 6.54 Å². The molecule has 6 nitrogen and oxygen atoms in total. The Labute approximate surface area is 195 Å². The highest BCUT2D eigenvalue weighted by atomic mass is 16.6. The minimum atomic E-state index is -0.859. The number of likely N-dealkylation sites (tertiary alicyclic amines) is 1. The van der Waals surface area contributed by atoms with E-state index in [1.807, 2.05) is 75.4 Å². The molecule has 0 saturated carbocycles. The second-order valence-electron chi connectivity index (χ2n) is 9.52. The number of aromatic nitrogens is 1. The van der Waals surface area contributed by atoms with Crippen molar-refractivity contribution >= 4 is 17.0 Å². The first-order chi connectivity index (χ1) is 15.8. The Morgan fingerprint density at radius 3 is 2.55 bits per heavy atom. The molecule has 1 N–H and O–H groups in total. The lowest BCUT2D eigenvalue weighted by Crippen LogP contribution is -2.48. The van der Waals surface area contributed by atoms with Crippen molar-refractivity contribution in [2.24, 2.45) is 0 Å². The van der Waals surface area contributed by atoms with Crippen LogP contribution in [-0.4, -0.2) is 46.4 Å². The van der Waals surface area contributed by atoms with Gasteiger partial charge in [-0.25, -0.2) is 9.78 Å². The normalized spacial score (nSPS) is 17.6. The van der Waals surface area contributed by atoms with Crippen LogP contribution in [0.4, 0.5) is 4.79 Å². The monoisotopic (exact) mass is 448 g/mol. The highest BCUT2D eigenvalue weighted by Crippen LogP contribution is 2.35. The molecule has 0 radical (unpaired) electrons. The van der Waals surface area contributed by atoms with Gasteiger partial charge in [-0.1, -0.05) is 18.2 Å². The predicted octanol–water partition coefficient (Wildman–Crippen LogP) is 5.73. The van der Waals surface area contributed by atoms with Crippen molar-refractivity contribution in [2.45, 2.75) is 57.8 Å². The number of aliphatic hydroxyl groups is 1. The van der Waals surface area contributed by atoms with Gasteiger partial charge >= 0.3 is 6.09 Å². The van der Waals surface area contributed by atoms with Gasteiger partial charge in [0, 0.05) is 17.5 Å².